The Kier molecular flexibility index (Phi) is 12.2. The Morgan fingerprint density at radius 1 is 1.29 bits per heavy atom. The molecule has 2 N–H and O–H groups in total. The molecule has 0 spiro atoms. The number of hydrogen-bond acceptors (Lipinski definition) is 4. The van der Waals surface area contributed by atoms with Crippen molar-refractivity contribution in [2.75, 3.05) is 19.7 Å². The van der Waals surface area contributed by atoms with Gasteiger partial charge in [-0.05, 0) is 59.3 Å². The van der Waals surface area contributed by atoms with E-state index in [-0.39, 0.29) is 35.9 Å². The molecule has 1 heterocycles. The average Bonchev–Trinajstić information content (AvgIpc) is 3.07. The van der Waals surface area contributed by atoms with E-state index >= 15 is 0 Å². The summed E-state index contributed by atoms with van der Waals surface area (Å²) in [7, 11) is 0. The predicted molar refractivity (Wildman–Crippen MR) is 123 cm³/mol. The van der Waals surface area contributed by atoms with Crippen LogP contribution in [-0.2, 0) is 16.1 Å². The molecule has 0 unspecified atom stereocenters. The number of rotatable bonds is 9. The highest BCUT2D eigenvalue weighted by Gasteiger charge is 2.27. The molecule has 160 valence electrons. The van der Waals surface area contributed by atoms with Crippen molar-refractivity contribution in [2.45, 2.75) is 71.9 Å². The summed E-state index contributed by atoms with van der Waals surface area (Å²) in [6, 6.07) is 0.377. The number of halogens is 1. The van der Waals surface area contributed by atoms with Gasteiger partial charge in [0, 0.05) is 38.1 Å². The highest BCUT2D eigenvalue weighted by molar-refractivity contribution is 14.0. The minimum absolute atomic E-state index is 0. The number of ether oxygens (including phenoxy) is 1. The summed E-state index contributed by atoms with van der Waals surface area (Å²) in [5.74, 6) is 1.97. The van der Waals surface area contributed by atoms with E-state index in [0.29, 0.717) is 12.6 Å². The third-order valence-electron chi connectivity index (χ3n) is 5.03. The van der Waals surface area contributed by atoms with Crippen LogP contribution in [0.3, 0.4) is 0 Å². The average molecular weight is 505 g/mol. The lowest BCUT2D eigenvalue weighted by Crippen LogP contribution is -2.45. The standard InChI is InChI=1S/C20H35N5O2.HI/c1-4-21-20(23-12-6-7-14-25-15-13-22-16(25)3)24-18-10-8-17(9-11-18)19(26)27-5-2;/h13,15,17-18H,4-12,14H2,1-3H3,(H2,21,23,24);1H. The van der Waals surface area contributed by atoms with Gasteiger partial charge in [-0.2, -0.15) is 0 Å². The second kappa shape index (κ2) is 13.8. The Bertz CT molecular complexity index is 597. The van der Waals surface area contributed by atoms with Gasteiger partial charge >= 0.3 is 5.97 Å². The molecule has 8 heteroatoms. The molecule has 1 saturated carbocycles. The summed E-state index contributed by atoms with van der Waals surface area (Å²) >= 11 is 0. The van der Waals surface area contributed by atoms with Crippen molar-refractivity contribution in [3.8, 4) is 0 Å². The van der Waals surface area contributed by atoms with Gasteiger partial charge in [-0.3, -0.25) is 9.79 Å². The van der Waals surface area contributed by atoms with Crippen molar-refractivity contribution < 1.29 is 9.53 Å². The molecule has 0 aliphatic heterocycles. The van der Waals surface area contributed by atoms with E-state index in [1.165, 1.54) is 0 Å². The number of carbonyl (C=O) groups excluding carboxylic acids is 1. The first-order valence-electron chi connectivity index (χ1n) is 10.3. The van der Waals surface area contributed by atoms with Crippen LogP contribution in [0.1, 0.15) is 58.2 Å². The Morgan fingerprint density at radius 2 is 2.04 bits per heavy atom. The van der Waals surface area contributed by atoms with Gasteiger partial charge in [0.1, 0.15) is 5.82 Å². The van der Waals surface area contributed by atoms with Crippen LogP contribution in [-0.4, -0.2) is 47.2 Å². The normalized spacial score (nSPS) is 19.6. The van der Waals surface area contributed by atoms with Crippen LogP contribution in [0.5, 0.6) is 0 Å². The van der Waals surface area contributed by atoms with Crippen LogP contribution in [0.4, 0.5) is 0 Å². The van der Waals surface area contributed by atoms with E-state index in [1.807, 2.05) is 26.2 Å². The largest absolute Gasteiger partial charge is 0.466 e. The fraction of sp³-hybridized carbons (Fsp3) is 0.750. The fourth-order valence-corrected chi connectivity index (χ4v) is 3.47. The number of nitrogens with one attached hydrogen (secondary N) is 2. The van der Waals surface area contributed by atoms with Crippen LogP contribution in [0, 0.1) is 12.8 Å². The molecule has 0 radical (unpaired) electrons. The third-order valence-corrected chi connectivity index (χ3v) is 5.03. The lowest BCUT2D eigenvalue weighted by Gasteiger charge is -2.29. The molecule has 0 saturated heterocycles. The second-order valence-electron chi connectivity index (χ2n) is 7.08. The van der Waals surface area contributed by atoms with E-state index in [4.69, 9.17) is 9.73 Å². The zero-order valence-corrected chi connectivity index (χ0v) is 19.8. The van der Waals surface area contributed by atoms with Crippen molar-refractivity contribution in [3.63, 3.8) is 0 Å². The monoisotopic (exact) mass is 505 g/mol. The van der Waals surface area contributed by atoms with Gasteiger partial charge in [0.25, 0.3) is 0 Å². The van der Waals surface area contributed by atoms with Gasteiger partial charge in [0.05, 0.1) is 12.5 Å². The lowest BCUT2D eigenvalue weighted by atomic mass is 9.86. The molecule has 2 rings (SSSR count). The van der Waals surface area contributed by atoms with Gasteiger partial charge in [-0.15, -0.1) is 24.0 Å². The first-order chi connectivity index (χ1) is 13.1. The number of carbonyl (C=O) groups is 1. The smallest absolute Gasteiger partial charge is 0.308 e. The molecule has 1 fully saturated rings. The van der Waals surface area contributed by atoms with E-state index in [0.717, 1.165) is 69.9 Å². The van der Waals surface area contributed by atoms with Gasteiger partial charge in [-0.1, -0.05) is 0 Å². The summed E-state index contributed by atoms with van der Waals surface area (Å²) in [6.45, 7) is 9.08. The molecule has 1 aromatic heterocycles. The molecule has 0 amide bonds. The van der Waals surface area contributed by atoms with Crippen LogP contribution in [0.2, 0.25) is 0 Å². The first kappa shape index (κ1) is 24.7. The van der Waals surface area contributed by atoms with E-state index in [2.05, 4.69) is 27.1 Å². The second-order valence-corrected chi connectivity index (χ2v) is 7.08. The van der Waals surface area contributed by atoms with Crippen LogP contribution in [0.15, 0.2) is 17.4 Å². The number of unbranched alkanes of at least 4 members (excludes halogenated alkanes) is 1. The maximum atomic E-state index is 11.9. The van der Waals surface area contributed by atoms with Crippen molar-refractivity contribution in [1.82, 2.24) is 20.2 Å². The summed E-state index contributed by atoms with van der Waals surface area (Å²) in [5.41, 5.74) is 0. The van der Waals surface area contributed by atoms with E-state index < -0.39 is 0 Å². The van der Waals surface area contributed by atoms with Crippen LogP contribution in [0.25, 0.3) is 0 Å². The van der Waals surface area contributed by atoms with E-state index in [1.54, 1.807) is 0 Å². The molecular weight excluding hydrogens is 469 g/mol. The number of guanidine groups is 1. The number of aromatic nitrogens is 2. The number of nitrogens with zero attached hydrogens (tertiary/aromatic N) is 3. The fourth-order valence-electron chi connectivity index (χ4n) is 3.47. The van der Waals surface area contributed by atoms with Crippen molar-refractivity contribution in [2.24, 2.45) is 10.9 Å². The minimum Gasteiger partial charge on any atom is -0.466 e. The number of esters is 1. The summed E-state index contributed by atoms with van der Waals surface area (Å²) in [5, 5.41) is 6.86. The summed E-state index contributed by atoms with van der Waals surface area (Å²) in [6.07, 6.45) is 9.74. The number of hydrogen-bond donors (Lipinski definition) is 2. The zero-order chi connectivity index (χ0) is 19.5. The quantitative estimate of drug-likeness (QED) is 0.177. The van der Waals surface area contributed by atoms with Crippen molar-refractivity contribution in [1.29, 1.82) is 0 Å². The zero-order valence-electron chi connectivity index (χ0n) is 17.4. The Hall–Kier alpha value is -1.32. The molecule has 0 atom stereocenters. The SMILES string of the molecule is CCNC(=NCCCCn1ccnc1C)NC1CCC(C(=O)OCC)CC1.I. The highest BCUT2D eigenvalue weighted by Crippen LogP contribution is 2.25. The van der Waals surface area contributed by atoms with E-state index in [9.17, 15) is 4.79 Å². The molecule has 7 nitrogen and oxygen atoms in total. The maximum absolute atomic E-state index is 11.9. The van der Waals surface area contributed by atoms with Crippen LogP contribution < -0.4 is 10.6 Å². The predicted octanol–water partition coefficient (Wildman–Crippen LogP) is 3.27. The van der Waals surface area contributed by atoms with Gasteiger partial charge in [0.15, 0.2) is 5.96 Å². The lowest BCUT2D eigenvalue weighted by molar-refractivity contribution is -0.149. The molecule has 28 heavy (non-hydrogen) atoms. The molecule has 1 aliphatic carbocycles. The number of imidazole rings is 1. The summed E-state index contributed by atoms with van der Waals surface area (Å²) in [4.78, 5) is 20.8. The molecule has 1 aromatic rings. The van der Waals surface area contributed by atoms with Gasteiger partial charge < -0.3 is 19.9 Å². The summed E-state index contributed by atoms with van der Waals surface area (Å²) < 4.78 is 7.32. The van der Waals surface area contributed by atoms with Gasteiger partial charge in [-0.25, -0.2) is 4.98 Å². The Balaban J connectivity index is 0.00000392. The highest BCUT2D eigenvalue weighted by atomic mass is 127. The van der Waals surface area contributed by atoms with Gasteiger partial charge in [0.2, 0.25) is 0 Å². The first-order valence-corrected chi connectivity index (χ1v) is 10.3. The third kappa shape index (κ3) is 8.36. The molecule has 1 aliphatic rings. The topological polar surface area (TPSA) is 80.5 Å². The van der Waals surface area contributed by atoms with Crippen molar-refractivity contribution >= 4 is 35.9 Å². The molecule has 0 aromatic carbocycles. The van der Waals surface area contributed by atoms with Crippen molar-refractivity contribution in [3.05, 3.63) is 18.2 Å². The minimum atomic E-state index is -0.0374. The molecular formula is C20H36IN5O2. The number of aryl methyl sites for hydroxylation is 2. The molecule has 0 bridgehead atoms. The Labute approximate surface area is 186 Å². The van der Waals surface area contributed by atoms with Crippen LogP contribution >= 0.6 is 24.0 Å². The Morgan fingerprint density at radius 3 is 2.64 bits per heavy atom. The maximum Gasteiger partial charge on any atom is 0.308 e. The number of aliphatic imine (C=N–C) groups is 1.